The van der Waals surface area contributed by atoms with Gasteiger partial charge in [0.25, 0.3) is 0 Å². The first kappa shape index (κ1) is 25.5. The second kappa shape index (κ2) is 11.4. The molecule has 34 heavy (non-hydrogen) atoms. The van der Waals surface area contributed by atoms with Crippen LogP contribution in [0.2, 0.25) is 0 Å². The monoisotopic (exact) mass is 544 g/mol. The summed E-state index contributed by atoms with van der Waals surface area (Å²) < 4.78 is 12.5. The van der Waals surface area contributed by atoms with Crippen LogP contribution in [0.1, 0.15) is 36.1 Å². The molecule has 2 aliphatic rings. The van der Waals surface area contributed by atoms with Gasteiger partial charge >= 0.3 is 0 Å². The third kappa shape index (κ3) is 6.13. The average molecular weight is 546 g/mol. The van der Waals surface area contributed by atoms with Crippen LogP contribution < -0.4 is 4.90 Å². The maximum absolute atomic E-state index is 10.1. The van der Waals surface area contributed by atoms with Crippen molar-refractivity contribution in [2.75, 3.05) is 57.1 Å². The summed E-state index contributed by atoms with van der Waals surface area (Å²) in [5.74, 6) is 1.88. The van der Waals surface area contributed by atoms with E-state index in [9.17, 15) is 5.26 Å². The highest BCUT2D eigenvalue weighted by Gasteiger charge is 2.33. The molecular formula is C26H33BrN4O2S. The lowest BCUT2D eigenvalue weighted by atomic mass is 9.89. The van der Waals surface area contributed by atoms with Crippen LogP contribution in [0.4, 0.5) is 5.82 Å². The Morgan fingerprint density at radius 1 is 1.18 bits per heavy atom. The highest BCUT2D eigenvalue weighted by Crippen LogP contribution is 2.39. The van der Waals surface area contributed by atoms with Gasteiger partial charge < -0.3 is 14.4 Å². The summed E-state index contributed by atoms with van der Waals surface area (Å²) in [7, 11) is 1.75. The van der Waals surface area contributed by atoms with E-state index in [1.165, 1.54) is 5.56 Å². The number of pyridine rings is 1. The molecule has 2 aromatic rings. The van der Waals surface area contributed by atoms with Crippen LogP contribution in [0.3, 0.4) is 0 Å². The fraction of sp³-hybridized carbons (Fsp3) is 0.538. The summed E-state index contributed by atoms with van der Waals surface area (Å²) in [4.78, 5) is 9.91. The molecule has 3 heterocycles. The number of halogens is 1. The van der Waals surface area contributed by atoms with Crippen LogP contribution in [0, 0.1) is 11.3 Å². The van der Waals surface area contributed by atoms with Crippen LogP contribution in [-0.2, 0) is 28.9 Å². The summed E-state index contributed by atoms with van der Waals surface area (Å²) in [5.41, 5.74) is 3.95. The fourth-order valence-corrected chi connectivity index (χ4v) is 5.79. The zero-order valence-electron chi connectivity index (χ0n) is 20.3. The van der Waals surface area contributed by atoms with Gasteiger partial charge in [0, 0.05) is 62.0 Å². The summed E-state index contributed by atoms with van der Waals surface area (Å²) in [6, 6.07) is 10.9. The smallest absolute Gasteiger partial charge is 0.135 e. The summed E-state index contributed by atoms with van der Waals surface area (Å²) in [6.45, 7) is 10.2. The number of hydrogen-bond acceptors (Lipinski definition) is 7. The molecule has 1 aromatic heterocycles. The Morgan fingerprint density at radius 3 is 2.59 bits per heavy atom. The molecule has 0 radical (unpaired) electrons. The lowest BCUT2D eigenvalue weighted by Gasteiger charge is -2.39. The number of ether oxygens (including phenoxy) is 2. The molecule has 8 heteroatoms. The van der Waals surface area contributed by atoms with Crippen molar-refractivity contribution in [3.05, 3.63) is 51.0 Å². The van der Waals surface area contributed by atoms with Gasteiger partial charge in [-0.05, 0) is 43.5 Å². The Labute approximate surface area is 215 Å². The van der Waals surface area contributed by atoms with Crippen molar-refractivity contribution in [3.63, 3.8) is 0 Å². The number of aryl methyl sites for hydroxylation is 1. The summed E-state index contributed by atoms with van der Waals surface area (Å²) in [6.07, 6.45) is 1.67. The third-order valence-corrected chi connectivity index (χ3v) is 8.01. The molecule has 6 nitrogen and oxygen atoms in total. The lowest BCUT2D eigenvalue weighted by molar-refractivity contribution is -0.0402. The van der Waals surface area contributed by atoms with Gasteiger partial charge in [0.2, 0.25) is 0 Å². The van der Waals surface area contributed by atoms with Crippen molar-refractivity contribution in [3.8, 4) is 6.07 Å². The van der Waals surface area contributed by atoms with Crippen LogP contribution in [0.25, 0.3) is 0 Å². The molecule has 0 saturated carbocycles. The maximum atomic E-state index is 10.1. The second-order valence-corrected chi connectivity index (χ2v) is 11.5. The molecule has 0 bridgehead atoms. The molecule has 0 amide bonds. The number of hydrogen-bond donors (Lipinski definition) is 0. The molecule has 2 aliphatic heterocycles. The molecule has 0 aliphatic carbocycles. The highest BCUT2D eigenvalue weighted by molar-refractivity contribution is 9.10. The van der Waals surface area contributed by atoms with E-state index in [1.54, 1.807) is 18.9 Å². The Balaban J connectivity index is 1.58. The summed E-state index contributed by atoms with van der Waals surface area (Å²) in [5, 5.41) is 11.0. The molecule has 4 rings (SSSR count). The van der Waals surface area contributed by atoms with Crippen LogP contribution in [0.5, 0.6) is 0 Å². The van der Waals surface area contributed by atoms with E-state index in [4.69, 9.17) is 14.5 Å². The minimum Gasteiger partial charge on any atom is -0.383 e. The summed E-state index contributed by atoms with van der Waals surface area (Å²) >= 11 is 5.19. The fourth-order valence-electron chi connectivity index (χ4n) is 4.53. The van der Waals surface area contributed by atoms with Gasteiger partial charge in [-0.15, -0.1) is 11.8 Å². The third-order valence-electron chi connectivity index (χ3n) is 6.51. The first-order valence-corrected chi connectivity index (χ1v) is 13.6. The number of methoxy groups -OCH3 is 1. The van der Waals surface area contributed by atoms with Crippen molar-refractivity contribution < 1.29 is 9.47 Å². The van der Waals surface area contributed by atoms with E-state index in [2.05, 4.69) is 69.9 Å². The second-order valence-electron chi connectivity index (χ2n) is 9.46. The van der Waals surface area contributed by atoms with Gasteiger partial charge in [-0.2, -0.15) is 5.26 Å². The van der Waals surface area contributed by atoms with E-state index in [1.807, 2.05) is 0 Å². The Morgan fingerprint density at radius 2 is 1.91 bits per heavy atom. The minimum absolute atomic E-state index is 0.282. The highest BCUT2D eigenvalue weighted by atomic mass is 79.9. The number of piperazine rings is 1. The van der Waals surface area contributed by atoms with E-state index in [0.717, 1.165) is 89.9 Å². The molecule has 1 saturated heterocycles. The standard InChI is InChI=1S/C26H33BrN4O2S/c1-26(2)16-21-22(17-28)25(34-15-8-19-4-6-20(27)7-5-19)29-24(23(21)18-33-26)31-11-9-30(10-12-31)13-14-32-3/h4-7H,8-16,18H2,1-3H3. The van der Waals surface area contributed by atoms with Crippen molar-refractivity contribution in [2.45, 2.75) is 43.9 Å². The lowest BCUT2D eigenvalue weighted by Crippen LogP contribution is -2.48. The molecule has 1 aromatic carbocycles. The number of thioether (sulfide) groups is 1. The van der Waals surface area contributed by atoms with Gasteiger partial charge in [-0.25, -0.2) is 4.98 Å². The number of rotatable bonds is 8. The van der Waals surface area contributed by atoms with Crippen LogP contribution in [-0.4, -0.2) is 67.7 Å². The Hall–Kier alpha value is -1.63. The molecule has 1 fully saturated rings. The van der Waals surface area contributed by atoms with Gasteiger partial charge in [-0.1, -0.05) is 28.1 Å². The molecule has 182 valence electrons. The number of benzene rings is 1. The van der Waals surface area contributed by atoms with Crippen molar-refractivity contribution >= 4 is 33.5 Å². The van der Waals surface area contributed by atoms with Crippen molar-refractivity contribution in [1.82, 2.24) is 9.88 Å². The zero-order chi connectivity index (χ0) is 24.1. The van der Waals surface area contributed by atoms with E-state index < -0.39 is 0 Å². The molecule has 0 atom stereocenters. The largest absolute Gasteiger partial charge is 0.383 e. The number of nitriles is 1. The van der Waals surface area contributed by atoms with Crippen LogP contribution in [0.15, 0.2) is 33.8 Å². The molecule has 0 unspecified atom stereocenters. The van der Waals surface area contributed by atoms with Gasteiger partial charge in [0.05, 0.1) is 24.4 Å². The van der Waals surface area contributed by atoms with Gasteiger partial charge in [-0.3, -0.25) is 4.90 Å². The van der Waals surface area contributed by atoms with E-state index >= 15 is 0 Å². The molecule has 0 spiro atoms. The first-order chi connectivity index (χ1) is 16.4. The minimum atomic E-state index is -0.282. The number of aromatic nitrogens is 1. The predicted molar refractivity (Wildman–Crippen MR) is 141 cm³/mol. The SMILES string of the molecule is COCCN1CCN(c2nc(SCCc3ccc(Br)cc3)c(C#N)c3c2COC(C)(C)C3)CC1. The number of anilines is 1. The maximum Gasteiger partial charge on any atom is 0.135 e. The normalized spacial score (nSPS) is 17.9. The number of nitrogens with zero attached hydrogens (tertiary/aromatic N) is 4. The number of fused-ring (bicyclic) bond motifs is 1. The quantitative estimate of drug-likeness (QED) is 0.447. The van der Waals surface area contributed by atoms with Gasteiger partial charge in [0.15, 0.2) is 0 Å². The predicted octanol–water partition coefficient (Wildman–Crippen LogP) is 4.67. The molecular weight excluding hydrogens is 512 g/mol. The Bertz CT molecular complexity index is 1030. The van der Waals surface area contributed by atoms with E-state index in [-0.39, 0.29) is 5.60 Å². The average Bonchev–Trinajstić information content (AvgIpc) is 2.83. The Kier molecular flexibility index (Phi) is 8.54. The van der Waals surface area contributed by atoms with Crippen molar-refractivity contribution in [2.24, 2.45) is 0 Å². The molecule has 0 N–H and O–H groups in total. The van der Waals surface area contributed by atoms with E-state index in [0.29, 0.717) is 6.61 Å². The van der Waals surface area contributed by atoms with Crippen LogP contribution >= 0.6 is 27.7 Å². The zero-order valence-corrected chi connectivity index (χ0v) is 22.7. The first-order valence-electron chi connectivity index (χ1n) is 11.8. The topological polar surface area (TPSA) is 61.6 Å². The van der Waals surface area contributed by atoms with Crippen molar-refractivity contribution in [1.29, 1.82) is 5.26 Å². The van der Waals surface area contributed by atoms with Gasteiger partial charge in [0.1, 0.15) is 16.9 Å².